The van der Waals surface area contributed by atoms with E-state index in [-0.39, 0.29) is 18.6 Å². The first-order chi connectivity index (χ1) is 13.6. The molecule has 1 aliphatic rings. The third-order valence-electron chi connectivity index (χ3n) is 4.69. The van der Waals surface area contributed by atoms with Gasteiger partial charge in [-0.1, -0.05) is 25.5 Å². The molecule has 2 aromatic rings. The molecule has 1 amide bonds. The average Bonchev–Trinajstić information content (AvgIpc) is 2.71. The fourth-order valence-corrected chi connectivity index (χ4v) is 3.19. The van der Waals surface area contributed by atoms with Crippen LogP contribution in [0.25, 0.3) is 5.76 Å². The predicted molar refractivity (Wildman–Crippen MR) is 114 cm³/mol. The SMILES string of the molecule is CCCCc1ccc(NC(=O)COC2=CC(C)Nc3ccc(OC)cc32)cc1. The smallest absolute Gasteiger partial charge is 0.262 e. The van der Waals surface area contributed by atoms with Crippen LogP contribution in [0, 0.1) is 0 Å². The summed E-state index contributed by atoms with van der Waals surface area (Å²) in [5, 5.41) is 6.27. The van der Waals surface area contributed by atoms with E-state index < -0.39 is 0 Å². The number of rotatable bonds is 8. The fraction of sp³-hybridized carbons (Fsp3) is 0.348. The molecule has 3 rings (SSSR count). The van der Waals surface area contributed by atoms with Gasteiger partial charge in [0, 0.05) is 23.0 Å². The van der Waals surface area contributed by atoms with Crippen molar-refractivity contribution in [3.63, 3.8) is 0 Å². The zero-order valence-electron chi connectivity index (χ0n) is 16.7. The number of hydrogen-bond acceptors (Lipinski definition) is 4. The zero-order valence-corrected chi connectivity index (χ0v) is 16.7. The lowest BCUT2D eigenvalue weighted by molar-refractivity contribution is -0.118. The van der Waals surface area contributed by atoms with Crippen LogP contribution in [0.4, 0.5) is 11.4 Å². The second-order valence-electron chi connectivity index (χ2n) is 7.01. The molecule has 1 aliphatic heterocycles. The quantitative estimate of drug-likeness (QED) is 0.687. The van der Waals surface area contributed by atoms with Crippen molar-refractivity contribution in [3.8, 4) is 5.75 Å². The molecule has 0 bridgehead atoms. The molecule has 0 saturated heterocycles. The normalized spacial score (nSPS) is 15.1. The topological polar surface area (TPSA) is 59.6 Å². The van der Waals surface area contributed by atoms with Gasteiger partial charge in [-0.2, -0.15) is 0 Å². The lowest BCUT2D eigenvalue weighted by atomic mass is 10.0. The van der Waals surface area contributed by atoms with Crippen molar-refractivity contribution < 1.29 is 14.3 Å². The van der Waals surface area contributed by atoms with Gasteiger partial charge in [0.25, 0.3) is 5.91 Å². The highest BCUT2D eigenvalue weighted by molar-refractivity contribution is 5.92. The standard InChI is InChI=1S/C23H28N2O3/c1-4-5-6-17-7-9-18(10-8-17)25-23(26)15-28-22-13-16(2)24-21-12-11-19(27-3)14-20(21)22/h7-14,16,24H,4-6,15H2,1-3H3,(H,25,26). The van der Waals surface area contributed by atoms with Crippen LogP contribution >= 0.6 is 0 Å². The minimum absolute atomic E-state index is 0.0488. The fourth-order valence-electron chi connectivity index (χ4n) is 3.19. The van der Waals surface area contributed by atoms with Crippen LogP contribution in [-0.4, -0.2) is 25.7 Å². The number of ether oxygens (including phenoxy) is 2. The number of methoxy groups -OCH3 is 1. The van der Waals surface area contributed by atoms with Gasteiger partial charge in [0.2, 0.25) is 0 Å². The molecule has 0 aromatic heterocycles. The van der Waals surface area contributed by atoms with Gasteiger partial charge in [0.05, 0.1) is 7.11 Å². The number of carbonyl (C=O) groups is 1. The van der Waals surface area contributed by atoms with Gasteiger partial charge in [-0.25, -0.2) is 0 Å². The van der Waals surface area contributed by atoms with Crippen molar-refractivity contribution in [2.24, 2.45) is 0 Å². The first-order valence-electron chi connectivity index (χ1n) is 9.77. The highest BCUT2D eigenvalue weighted by atomic mass is 16.5. The third kappa shape index (κ3) is 5.06. The first kappa shape index (κ1) is 19.8. The van der Waals surface area contributed by atoms with E-state index in [1.807, 2.05) is 43.3 Å². The minimum Gasteiger partial charge on any atom is -0.497 e. The van der Waals surface area contributed by atoms with Crippen molar-refractivity contribution in [2.45, 2.75) is 39.2 Å². The Morgan fingerprint density at radius 3 is 2.68 bits per heavy atom. The molecule has 0 spiro atoms. The van der Waals surface area contributed by atoms with Gasteiger partial charge >= 0.3 is 0 Å². The number of benzene rings is 2. The second kappa shape index (κ2) is 9.31. The maximum absolute atomic E-state index is 12.3. The van der Waals surface area contributed by atoms with Crippen molar-refractivity contribution in [1.29, 1.82) is 0 Å². The molecule has 5 heteroatoms. The van der Waals surface area contributed by atoms with E-state index in [2.05, 4.69) is 29.7 Å². The van der Waals surface area contributed by atoms with Crippen molar-refractivity contribution in [3.05, 3.63) is 59.7 Å². The van der Waals surface area contributed by atoms with Gasteiger partial charge in [-0.05, 0) is 61.7 Å². The summed E-state index contributed by atoms with van der Waals surface area (Å²) in [4.78, 5) is 12.3. The minimum atomic E-state index is -0.183. The largest absolute Gasteiger partial charge is 0.497 e. The summed E-state index contributed by atoms with van der Waals surface area (Å²) in [6.07, 6.45) is 5.39. The molecule has 0 saturated carbocycles. The second-order valence-corrected chi connectivity index (χ2v) is 7.01. The van der Waals surface area contributed by atoms with Crippen LogP contribution in [0.3, 0.4) is 0 Å². The van der Waals surface area contributed by atoms with Crippen LogP contribution < -0.4 is 15.4 Å². The lowest BCUT2D eigenvalue weighted by Gasteiger charge is -2.24. The molecule has 1 atom stereocenters. The summed E-state index contributed by atoms with van der Waals surface area (Å²) in [6.45, 7) is 4.17. The van der Waals surface area contributed by atoms with Crippen LogP contribution in [0.1, 0.15) is 37.8 Å². The van der Waals surface area contributed by atoms with E-state index in [9.17, 15) is 4.79 Å². The number of amides is 1. The molecule has 2 N–H and O–H groups in total. The molecule has 5 nitrogen and oxygen atoms in total. The van der Waals surface area contributed by atoms with Crippen molar-refractivity contribution >= 4 is 23.0 Å². The number of unbranched alkanes of at least 4 members (excludes halogenated alkanes) is 1. The van der Waals surface area contributed by atoms with Crippen LogP contribution in [-0.2, 0) is 16.0 Å². The molecule has 0 fully saturated rings. The number of nitrogens with one attached hydrogen (secondary N) is 2. The number of carbonyl (C=O) groups excluding carboxylic acids is 1. The Morgan fingerprint density at radius 1 is 1.18 bits per heavy atom. The maximum Gasteiger partial charge on any atom is 0.262 e. The lowest BCUT2D eigenvalue weighted by Crippen LogP contribution is -2.22. The average molecular weight is 380 g/mol. The summed E-state index contributed by atoms with van der Waals surface area (Å²) in [5.74, 6) is 1.25. The Labute approximate surface area is 166 Å². The summed E-state index contributed by atoms with van der Waals surface area (Å²) in [5.41, 5.74) is 3.93. The highest BCUT2D eigenvalue weighted by Crippen LogP contribution is 2.33. The number of anilines is 2. The van der Waals surface area contributed by atoms with Gasteiger partial charge < -0.3 is 20.1 Å². The van der Waals surface area contributed by atoms with E-state index in [0.717, 1.165) is 29.1 Å². The van der Waals surface area contributed by atoms with E-state index in [0.29, 0.717) is 5.76 Å². The number of fused-ring (bicyclic) bond motifs is 1. The molecular weight excluding hydrogens is 352 g/mol. The van der Waals surface area contributed by atoms with Crippen molar-refractivity contribution in [2.75, 3.05) is 24.4 Å². The van der Waals surface area contributed by atoms with E-state index >= 15 is 0 Å². The van der Waals surface area contributed by atoms with Crippen molar-refractivity contribution in [1.82, 2.24) is 0 Å². The maximum atomic E-state index is 12.3. The van der Waals surface area contributed by atoms with Gasteiger partial charge in [0.15, 0.2) is 6.61 Å². The molecule has 1 unspecified atom stereocenters. The molecule has 0 aliphatic carbocycles. The molecular formula is C23H28N2O3. The molecule has 1 heterocycles. The predicted octanol–water partition coefficient (Wildman–Crippen LogP) is 4.85. The zero-order chi connectivity index (χ0) is 19.9. The summed E-state index contributed by atoms with van der Waals surface area (Å²) >= 11 is 0. The van der Waals surface area contributed by atoms with E-state index in [1.54, 1.807) is 7.11 Å². The summed E-state index contributed by atoms with van der Waals surface area (Å²) in [7, 11) is 1.63. The molecule has 2 aromatic carbocycles. The van der Waals surface area contributed by atoms with Gasteiger partial charge in [-0.3, -0.25) is 4.79 Å². The Bertz CT molecular complexity index is 843. The molecule has 28 heavy (non-hydrogen) atoms. The summed E-state index contributed by atoms with van der Waals surface area (Å²) in [6, 6.07) is 13.9. The Morgan fingerprint density at radius 2 is 1.96 bits per heavy atom. The highest BCUT2D eigenvalue weighted by Gasteiger charge is 2.19. The number of aryl methyl sites for hydroxylation is 1. The van der Waals surface area contributed by atoms with E-state index in [4.69, 9.17) is 9.47 Å². The Hall–Kier alpha value is -2.95. The van der Waals surface area contributed by atoms with Gasteiger partial charge in [0.1, 0.15) is 11.5 Å². The van der Waals surface area contributed by atoms with Crippen LogP contribution in [0.5, 0.6) is 5.75 Å². The molecule has 148 valence electrons. The monoisotopic (exact) mass is 380 g/mol. The van der Waals surface area contributed by atoms with Gasteiger partial charge in [-0.15, -0.1) is 0 Å². The third-order valence-corrected chi connectivity index (χ3v) is 4.69. The van der Waals surface area contributed by atoms with Crippen LogP contribution in [0.15, 0.2) is 48.5 Å². The van der Waals surface area contributed by atoms with Crippen LogP contribution in [0.2, 0.25) is 0 Å². The Kier molecular flexibility index (Phi) is 6.58. The first-order valence-corrected chi connectivity index (χ1v) is 9.77. The summed E-state index contributed by atoms with van der Waals surface area (Å²) < 4.78 is 11.1. The number of hydrogen-bond donors (Lipinski definition) is 2. The molecule has 0 radical (unpaired) electrons. The van der Waals surface area contributed by atoms with E-state index in [1.165, 1.54) is 18.4 Å². The Balaban J connectivity index is 1.60.